The molecule has 0 fully saturated rings. The predicted molar refractivity (Wildman–Crippen MR) is 92.9 cm³/mol. The molecule has 0 saturated heterocycles. The summed E-state index contributed by atoms with van der Waals surface area (Å²) in [7, 11) is 0. The van der Waals surface area contributed by atoms with Crippen LogP contribution in [0.1, 0.15) is 75.1 Å². The first-order valence-electron chi connectivity index (χ1n) is 8.48. The van der Waals surface area contributed by atoms with E-state index in [4.69, 9.17) is 0 Å². The molecule has 5 heteroatoms. The van der Waals surface area contributed by atoms with E-state index in [0.29, 0.717) is 12.1 Å². The maximum atomic E-state index is 12.4. The van der Waals surface area contributed by atoms with Crippen LogP contribution in [0.3, 0.4) is 0 Å². The lowest BCUT2D eigenvalue weighted by molar-refractivity contribution is 0.0951. The normalized spacial score (nSPS) is 11.9. The molecule has 0 atom stereocenters. The van der Waals surface area contributed by atoms with Crippen LogP contribution in [0.5, 0.6) is 0 Å². The molecule has 0 radical (unpaired) electrons. The Hall–Kier alpha value is -1.91. The Labute approximate surface area is 138 Å². The summed E-state index contributed by atoms with van der Waals surface area (Å²) in [4.78, 5) is 16.7. The van der Waals surface area contributed by atoms with E-state index in [-0.39, 0.29) is 11.3 Å². The summed E-state index contributed by atoms with van der Waals surface area (Å²) in [5, 5.41) is 7.60. The first-order chi connectivity index (χ1) is 10.8. The van der Waals surface area contributed by atoms with Crippen LogP contribution in [0, 0.1) is 6.92 Å². The lowest BCUT2D eigenvalue weighted by atomic mass is 9.93. The predicted octanol–water partition coefficient (Wildman–Crippen LogP) is 3.65. The van der Waals surface area contributed by atoms with E-state index >= 15 is 0 Å². The highest BCUT2D eigenvalue weighted by molar-refractivity contribution is 5.95. The van der Waals surface area contributed by atoms with Crippen LogP contribution in [-0.4, -0.2) is 27.0 Å². The standard InChI is InChI=1S/C18H28N4O/c1-6-7-8-9-10-19-17(23)14-12-20-16-11-15(18(3,4)5)21-22(16)13(14)2/h11-12H,6-10H2,1-5H3,(H,19,23). The zero-order chi connectivity index (χ0) is 17.0. The molecule has 1 amide bonds. The van der Waals surface area contributed by atoms with Crippen molar-refractivity contribution >= 4 is 11.6 Å². The van der Waals surface area contributed by atoms with Crippen molar-refractivity contribution in [2.75, 3.05) is 6.54 Å². The number of aromatic nitrogens is 3. The van der Waals surface area contributed by atoms with Gasteiger partial charge in [-0.05, 0) is 13.3 Å². The van der Waals surface area contributed by atoms with E-state index in [2.05, 4.69) is 43.1 Å². The van der Waals surface area contributed by atoms with Crippen molar-refractivity contribution < 1.29 is 4.79 Å². The maximum Gasteiger partial charge on any atom is 0.254 e. The van der Waals surface area contributed by atoms with E-state index in [1.54, 1.807) is 10.7 Å². The average Bonchev–Trinajstić information content (AvgIpc) is 2.92. The number of hydrogen-bond acceptors (Lipinski definition) is 3. The Morgan fingerprint density at radius 2 is 2.00 bits per heavy atom. The number of carbonyl (C=O) groups is 1. The van der Waals surface area contributed by atoms with Crippen LogP contribution in [0.15, 0.2) is 12.3 Å². The van der Waals surface area contributed by atoms with Crippen molar-refractivity contribution in [3.8, 4) is 0 Å². The summed E-state index contributed by atoms with van der Waals surface area (Å²) >= 11 is 0. The minimum absolute atomic E-state index is 0.0398. The summed E-state index contributed by atoms with van der Waals surface area (Å²) in [5.74, 6) is -0.0683. The Morgan fingerprint density at radius 1 is 1.26 bits per heavy atom. The van der Waals surface area contributed by atoms with Crippen molar-refractivity contribution in [2.45, 2.75) is 65.7 Å². The van der Waals surface area contributed by atoms with E-state index in [9.17, 15) is 4.79 Å². The number of carbonyl (C=O) groups excluding carboxylic acids is 1. The van der Waals surface area contributed by atoms with Crippen LogP contribution in [-0.2, 0) is 5.41 Å². The Kier molecular flexibility index (Phi) is 5.39. The first kappa shape index (κ1) is 17.4. The van der Waals surface area contributed by atoms with Gasteiger partial charge >= 0.3 is 0 Å². The number of nitrogens with zero attached hydrogens (tertiary/aromatic N) is 3. The minimum atomic E-state index is -0.0683. The van der Waals surface area contributed by atoms with Gasteiger partial charge in [0.2, 0.25) is 0 Å². The van der Waals surface area contributed by atoms with Crippen molar-refractivity contribution in [3.63, 3.8) is 0 Å². The molecule has 0 aromatic carbocycles. The highest BCUT2D eigenvalue weighted by atomic mass is 16.1. The molecule has 0 bridgehead atoms. The van der Waals surface area contributed by atoms with Gasteiger partial charge in [0.15, 0.2) is 5.65 Å². The average molecular weight is 316 g/mol. The number of unbranched alkanes of at least 4 members (excludes halogenated alkanes) is 3. The van der Waals surface area contributed by atoms with Crippen molar-refractivity contribution in [1.29, 1.82) is 0 Å². The van der Waals surface area contributed by atoms with Gasteiger partial charge < -0.3 is 5.32 Å². The molecule has 126 valence electrons. The van der Waals surface area contributed by atoms with Crippen molar-refractivity contribution in [3.05, 3.63) is 29.2 Å². The van der Waals surface area contributed by atoms with Gasteiger partial charge in [-0.25, -0.2) is 9.50 Å². The van der Waals surface area contributed by atoms with Crippen molar-refractivity contribution in [2.24, 2.45) is 0 Å². The second kappa shape index (κ2) is 7.11. The minimum Gasteiger partial charge on any atom is -0.352 e. The van der Waals surface area contributed by atoms with E-state index in [1.165, 1.54) is 12.8 Å². The van der Waals surface area contributed by atoms with Gasteiger partial charge in [0.1, 0.15) is 0 Å². The number of aryl methyl sites for hydroxylation is 1. The monoisotopic (exact) mass is 316 g/mol. The van der Waals surface area contributed by atoms with Crippen LogP contribution in [0.4, 0.5) is 0 Å². The number of nitrogens with one attached hydrogen (secondary N) is 1. The Morgan fingerprint density at radius 3 is 2.65 bits per heavy atom. The van der Waals surface area contributed by atoms with Gasteiger partial charge in [-0.2, -0.15) is 5.10 Å². The molecule has 2 heterocycles. The molecule has 2 rings (SSSR count). The van der Waals surface area contributed by atoms with E-state index < -0.39 is 0 Å². The first-order valence-corrected chi connectivity index (χ1v) is 8.48. The van der Waals surface area contributed by atoms with Crippen LogP contribution in [0.25, 0.3) is 5.65 Å². The third kappa shape index (κ3) is 4.09. The fraction of sp³-hybridized carbons (Fsp3) is 0.611. The van der Waals surface area contributed by atoms with Gasteiger partial charge in [0.25, 0.3) is 5.91 Å². The van der Waals surface area contributed by atoms with Crippen LogP contribution in [0.2, 0.25) is 0 Å². The molecule has 0 aliphatic heterocycles. The summed E-state index contributed by atoms with van der Waals surface area (Å²) in [6, 6.07) is 1.99. The van der Waals surface area contributed by atoms with E-state index in [0.717, 1.165) is 29.9 Å². The van der Waals surface area contributed by atoms with Gasteiger partial charge in [0, 0.05) is 24.2 Å². The van der Waals surface area contributed by atoms with Crippen molar-refractivity contribution in [1.82, 2.24) is 19.9 Å². The second-order valence-corrected chi connectivity index (χ2v) is 7.12. The zero-order valence-electron chi connectivity index (χ0n) is 14.9. The highest BCUT2D eigenvalue weighted by Crippen LogP contribution is 2.22. The third-order valence-electron chi connectivity index (χ3n) is 4.05. The molecule has 0 spiro atoms. The van der Waals surface area contributed by atoms with Crippen LogP contribution < -0.4 is 5.32 Å². The quantitative estimate of drug-likeness (QED) is 0.828. The molecule has 0 unspecified atom stereocenters. The number of amides is 1. The Bertz CT molecular complexity index is 682. The molecule has 1 N–H and O–H groups in total. The molecular weight excluding hydrogens is 288 g/mol. The molecule has 5 nitrogen and oxygen atoms in total. The summed E-state index contributed by atoms with van der Waals surface area (Å²) in [6.07, 6.45) is 6.24. The molecule has 2 aromatic heterocycles. The number of rotatable bonds is 6. The van der Waals surface area contributed by atoms with Gasteiger partial charge in [-0.15, -0.1) is 0 Å². The van der Waals surface area contributed by atoms with Gasteiger partial charge in [-0.3, -0.25) is 4.79 Å². The highest BCUT2D eigenvalue weighted by Gasteiger charge is 2.20. The molecule has 23 heavy (non-hydrogen) atoms. The van der Waals surface area contributed by atoms with E-state index in [1.807, 2.05) is 13.0 Å². The zero-order valence-corrected chi connectivity index (χ0v) is 14.9. The summed E-state index contributed by atoms with van der Waals surface area (Å²) in [5.41, 5.74) is 3.15. The molecule has 0 aliphatic carbocycles. The smallest absolute Gasteiger partial charge is 0.254 e. The fourth-order valence-corrected chi connectivity index (χ4v) is 2.49. The molecular formula is C18H28N4O. The maximum absolute atomic E-state index is 12.4. The Balaban J connectivity index is 2.15. The second-order valence-electron chi connectivity index (χ2n) is 7.12. The lowest BCUT2D eigenvalue weighted by Crippen LogP contribution is -2.26. The lowest BCUT2D eigenvalue weighted by Gasteiger charge is -2.13. The van der Waals surface area contributed by atoms with Crippen LogP contribution >= 0.6 is 0 Å². The third-order valence-corrected chi connectivity index (χ3v) is 4.05. The number of fused-ring (bicyclic) bond motifs is 1. The molecule has 0 saturated carbocycles. The molecule has 2 aromatic rings. The summed E-state index contributed by atoms with van der Waals surface area (Å²) in [6.45, 7) is 11.2. The topological polar surface area (TPSA) is 59.3 Å². The largest absolute Gasteiger partial charge is 0.352 e. The summed E-state index contributed by atoms with van der Waals surface area (Å²) < 4.78 is 1.77. The number of hydrogen-bond donors (Lipinski definition) is 1. The van der Waals surface area contributed by atoms with Gasteiger partial charge in [-0.1, -0.05) is 47.0 Å². The fourth-order valence-electron chi connectivity index (χ4n) is 2.49. The SMILES string of the molecule is CCCCCCNC(=O)c1cnc2cc(C(C)(C)C)nn2c1C. The molecule has 0 aliphatic rings. The van der Waals surface area contributed by atoms with Gasteiger partial charge in [0.05, 0.1) is 17.0 Å².